The number of nitrogens with two attached hydrogens (primary N) is 1. The lowest BCUT2D eigenvalue weighted by Crippen LogP contribution is -2.38. The van der Waals surface area contributed by atoms with Gasteiger partial charge in [0, 0.05) is 6.54 Å². The van der Waals surface area contributed by atoms with Crippen molar-refractivity contribution in [2.75, 3.05) is 25.1 Å². The van der Waals surface area contributed by atoms with Gasteiger partial charge in [0.25, 0.3) is 0 Å². The summed E-state index contributed by atoms with van der Waals surface area (Å²) in [4.78, 5) is 13.5. The van der Waals surface area contributed by atoms with Gasteiger partial charge in [-0.3, -0.25) is 4.90 Å². The van der Waals surface area contributed by atoms with E-state index in [4.69, 9.17) is 10.5 Å². The lowest BCUT2D eigenvalue weighted by molar-refractivity contribution is 0.177. The summed E-state index contributed by atoms with van der Waals surface area (Å²) in [6.07, 6.45) is 0.596. The van der Waals surface area contributed by atoms with E-state index < -0.39 is 0 Å². The molecule has 1 amide bonds. The normalized spacial score (nSPS) is 18.8. The number of fused-ring (bicyclic) bond motifs is 1. The number of anilines is 1. The molecule has 17 heavy (non-hydrogen) atoms. The Bertz CT molecular complexity index is 431. The highest BCUT2D eigenvalue weighted by Gasteiger charge is 2.29. The zero-order valence-corrected chi connectivity index (χ0v) is 10.3. The van der Waals surface area contributed by atoms with Gasteiger partial charge in [0.1, 0.15) is 0 Å². The number of amides is 1. The van der Waals surface area contributed by atoms with E-state index in [1.54, 1.807) is 4.90 Å². The molecule has 0 aromatic heterocycles. The summed E-state index contributed by atoms with van der Waals surface area (Å²) in [5.41, 5.74) is 9.01. The summed E-state index contributed by atoms with van der Waals surface area (Å²) in [7, 11) is 1.41. The molecule has 92 valence electrons. The molecule has 1 unspecified atom stereocenters. The molecular weight excluding hydrogens is 216 g/mol. The Labute approximate surface area is 101 Å². The van der Waals surface area contributed by atoms with Crippen LogP contribution in [0.15, 0.2) is 18.2 Å². The highest BCUT2D eigenvalue weighted by molar-refractivity contribution is 5.90. The number of rotatable bonds is 1. The smallest absolute Gasteiger partial charge is 0.414 e. The third kappa shape index (κ3) is 2.00. The zero-order chi connectivity index (χ0) is 12.4. The maximum atomic E-state index is 11.7. The van der Waals surface area contributed by atoms with E-state index in [1.165, 1.54) is 7.11 Å². The summed E-state index contributed by atoms with van der Waals surface area (Å²) < 4.78 is 4.83. The van der Waals surface area contributed by atoms with Crippen molar-refractivity contribution in [1.29, 1.82) is 0 Å². The van der Waals surface area contributed by atoms with E-state index in [0.717, 1.165) is 23.2 Å². The Morgan fingerprint density at radius 3 is 3.00 bits per heavy atom. The largest absolute Gasteiger partial charge is 0.452 e. The van der Waals surface area contributed by atoms with Gasteiger partial charge in [-0.15, -0.1) is 0 Å². The maximum Gasteiger partial charge on any atom is 0.414 e. The summed E-state index contributed by atoms with van der Waals surface area (Å²) in [5.74, 6) is 0.339. The van der Waals surface area contributed by atoms with Crippen LogP contribution in [0.5, 0.6) is 0 Å². The van der Waals surface area contributed by atoms with Crippen LogP contribution in [-0.4, -0.2) is 26.3 Å². The minimum atomic E-state index is -0.295. The van der Waals surface area contributed by atoms with Crippen molar-refractivity contribution >= 4 is 11.8 Å². The first-order chi connectivity index (χ1) is 8.19. The van der Waals surface area contributed by atoms with Crippen molar-refractivity contribution in [1.82, 2.24) is 0 Å². The Morgan fingerprint density at radius 1 is 1.59 bits per heavy atom. The van der Waals surface area contributed by atoms with E-state index in [0.29, 0.717) is 19.0 Å². The minimum absolute atomic E-state index is 0.295. The van der Waals surface area contributed by atoms with Crippen LogP contribution in [0.2, 0.25) is 0 Å². The number of methoxy groups -OCH3 is 1. The van der Waals surface area contributed by atoms with Crippen molar-refractivity contribution in [2.24, 2.45) is 5.73 Å². The van der Waals surface area contributed by atoms with E-state index in [2.05, 4.69) is 6.07 Å². The number of carbonyl (C=O) groups is 1. The molecule has 1 heterocycles. The van der Waals surface area contributed by atoms with Gasteiger partial charge in [-0.2, -0.15) is 0 Å². The van der Waals surface area contributed by atoms with E-state index in [-0.39, 0.29) is 6.09 Å². The first-order valence-electron chi connectivity index (χ1n) is 5.84. The first kappa shape index (κ1) is 11.9. The molecular formula is C13H18N2O2. The highest BCUT2D eigenvalue weighted by atomic mass is 16.5. The maximum absolute atomic E-state index is 11.7. The van der Waals surface area contributed by atoms with Crippen LogP contribution in [0.1, 0.15) is 23.5 Å². The molecule has 1 aromatic rings. The van der Waals surface area contributed by atoms with Crippen LogP contribution >= 0.6 is 0 Å². The fraction of sp³-hybridized carbons (Fsp3) is 0.462. The second-order valence-electron chi connectivity index (χ2n) is 4.36. The Balaban J connectivity index is 2.48. The first-order valence-corrected chi connectivity index (χ1v) is 5.84. The Hall–Kier alpha value is -1.55. The average molecular weight is 234 g/mol. The number of aryl methyl sites for hydroxylation is 1. The lowest BCUT2D eigenvalue weighted by Gasteiger charge is -2.34. The van der Waals surface area contributed by atoms with Gasteiger partial charge in [0.2, 0.25) is 0 Å². The van der Waals surface area contributed by atoms with Gasteiger partial charge in [-0.25, -0.2) is 4.79 Å². The summed E-state index contributed by atoms with van der Waals surface area (Å²) >= 11 is 0. The van der Waals surface area contributed by atoms with Crippen LogP contribution in [-0.2, 0) is 4.74 Å². The number of nitrogens with zero attached hydrogens (tertiary/aromatic N) is 1. The topological polar surface area (TPSA) is 55.6 Å². The van der Waals surface area contributed by atoms with Gasteiger partial charge in [-0.05, 0) is 36.9 Å². The molecule has 1 aliphatic heterocycles. The molecule has 0 radical (unpaired) electrons. The predicted octanol–water partition coefficient (Wildman–Crippen LogP) is 2.01. The van der Waals surface area contributed by atoms with Gasteiger partial charge < -0.3 is 10.5 Å². The molecule has 4 nitrogen and oxygen atoms in total. The van der Waals surface area contributed by atoms with Gasteiger partial charge in [-0.1, -0.05) is 18.2 Å². The average Bonchev–Trinajstić information content (AvgIpc) is 2.37. The molecule has 1 aliphatic rings. The SMILES string of the molecule is COC(=O)N1CCC(CN)c2cccc(C)c21. The third-order valence-electron chi connectivity index (χ3n) is 3.36. The van der Waals surface area contributed by atoms with Crippen LogP contribution in [0.25, 0.3) is 0 Å². The molecule has 0 bridgehead atoms. The van der Waals surface area contributed by atoms with Gasteiger partial charge in [0.05, 0.1) is 12.8 Å². The summed E-state index contributed by atoms with van der Waals surface area (Å²) in [5, 5.41) is 0. The summed E-state index contributed by atoms with van der Waals surface area (Å²) in [6.45, 7) is 3.30. The van der Waals surface area contributed by atoms with E-state index in [1.807, 2.05) is 19.1 Å². The van der Waals surface area contributed by atoms with Crippen LogP contribution in [0.4, 0.5) is 10.5 Å². The number of hydrogen-bond donors (Lipinski definition) is 1. The van der Waals surface area contributed by atoms with E-state index in [9.17, 15) is 4.79 Å². The molecule has 0 fully saturated rings. The number of hydrogen-bond acceptors (Lipinski definition) is 3. The van der Waals surface area contributed by atoms with E-state index >= 15 is 0 Å². The second kappa shape index (κ2) is 4.75. The fourth-order valence-electron chi connectivity index (χ4n) is 2.47. The van der Waals surface area contributed by atoms with Crippen molar-refractivity contribution in [2.45, 2.75) is 19.3 Å². The minimum Gasteiger partial charge on any atom is -0.452 e. The molecule has 4 heteroatoms. The number of carbonyl (C=O) groups excluding carboxylic acids is 1. The van der Waals surface area contributed by atoms with Crippen molar-refractivity contribution < 1.29 is 9.53 Å². The molecule has 2 rings (SSSR count). The van der Waals surface area contributed by atoms with Crippen molar-refractivity contribution in [3.8, 4) is 0 Å². The van der Waals surface area contributed by atoms with Gasteiger partial charge in [0.15, 0.2) is 0 Å². The molecule has 0 aliphatic carbocycles. The lowest BCUT2D eigenvalue weighted by atomic mass is 9.88. The Kier molecular flexibility index (Phi) is 3.33. The van der Waals surface area contributed by atoms with Crippen LogP contribution in [0, 0.1) is 6.92 Å². The fourth-order valence-corrected chi connectivity index (χ4v) is 2.47. The van der Waals surface area contributed by atoms with Crippen molar-refractivity contribution in [3.05, 3.63) is 29.3 Å². The highest BCUT2D eigenvalue weighted by Crippen LogP contribution is 2.37. The molecule has 0 spiro atoms. The summed E-state index contributed by atoms with van der Waals surface area (Å²) in [6, 6.07) is 6.07. The number of para-hydroxylation sites is 1. The molecule has 0 saturated carbocycles. The second-order valence-corrected chi connectivity index (χ2v) is 4.36. The molecule has 2 N–H and O–H groups in total. The molecule has 1 atom stereocenters. The van der Waals surface area contributed by atoms with Crippen molar-refractivity contribution in [3.63, 3.8) is 0 Å². The monoisotopic (exact) mass is 234 g/mol. The third-order valence-corrected chi connectivity index (χ3v) is 3.36. The molecule has 1 aromatic carbocycles. The van der Waals surface area contributed by atoms with Crippen LogP contribution < -0.4 is 10.6 Å². The zero-order valence-electron chi connectivity index (χ0n) is 10.3. The standard InChI is InChI=1S/C13H18N2O2/c1-9-4-3-5-11-10(8-14)6-7-15(12(9)11)13(16)17-2/h3-5,10H,6-8,14H2,1-2H3. The Morgan fingerprint density at radius 2 is 2.35 bits per heavy atom. The van der Waals surface area contributed by atoms with Gasteiger partial charge >= 0.3 is 6.09 Å². The van der Waals surface area contributed by atoms with Crippen LogP contribution in [0.3, 0.4) is 0 Å². The number of benzene rings is 1. The number of ether oxygens (including phenoxy) is 1. The molecule has 0 saturated heterocycles. The predicted molar refractivity (Wildman–Crippen MR) is 67.3 cm³/mol. The quantitative estimate of drug-likeness (QED) is 0.808.